The van der Waals surface area contributed by atoms with Gasteiger partial charge in [0.15, 0.2) is 0 Å². The fourth-order valence-electron chi connectivity index (χ4n) is 6.46. The molecule has 0 fully saturated rings. The molecule has 0 rings (SSSR count). The van der Waals surface area contributed by atoms with Crippen LogP contribution < -0.4 is 11.1 Å². The van der Waals surface area contributed by atoms with E-state index in [1.165, 1.54) is 122 Å². The normalized spacial score (nSPS) is 14.3. The summed E-state index contributed by atoms with van der Waals surface area (Å²) in [6.07, 6.45) is 44.7. The molecule has 0 saturated heterocycles. The Kier molecular flexibility index (Phi) is 38.9. The molecule has 0 saturated carbocycles. The van der Waals surface area contributed by atoms with Gasteiger partial charge in [0, 0.05) is 13.0 Å². The molecule has 0 aliphatic rings. The van der Waals surface area contributed by atoms with Gasteiger partial charge in [-0.2, -0.15) is 0 Å². The average molecular weight is 757 g/mol. The zero-order valence-electron chi connectivity index (χ0n) is 34.1. The Bertz CT molecular complexity index is 871. The summed E-state index contributed by atoms with van der Waals surface area (Å²) in [6.45, 7) is 4.18. The van der Waals surface area contributed by atoms with Gasteiger partial charge in [-0.1, -0.05) is 186 Å². The number of phosphoric ester groups is 1. The Morgan fingerprint density at radius 2 is 1.06 bits per heavy atom. The lowest BCUT2D eigenvalue weighted by Gasteiger charge is -2.25. The molecular formula is C43H85N2O6P. The van der Waals surface area contributed by atoms with Crippen molar-refractivity contribution in [3.63, 3.8) is 0 Å². The van der Waals surface area contributed by atoms with Crippen LogP contribution in [0.2, 0.25) is 0 Å². The van der Waals surface area contributed by atoms with E-state index < -0.39 is 20.0 Å². The molecule has 0 aliphatic heterocycles. The largest absolute Gasteiger partial charge is 0.472 e. The van der Waals surface area contributed by atoms with E-state index >= 15 is 0 Å². The number of allylic oxidation sites excluding steroid dienone is 4. The first-order chi connectivity index (χ1) is 25.4. The molecular weight excluding hydrogens is 671 g/mol. The number of carbonyl (C=O) groups is 1. The molecule has 0 aromatic rings. The number of amides is 1. The quantitative estimate of drug-likeness (QED) is 0.0277. The molecule has 0 bridgehead atoms. The Hall–Kier alpha value is -1.02. The molecule has 52 heavy (non-hydrogen) atoms. The van der Waals surface area contributed by atoms with Crippen molar-refractivity contribution in [2.75, 3.05) is 19.8 Å². The van der Waals surface area contributed by atoms with E-state index in [1.54, 1.807) is 0 Å². The lowest BCUT2D eigenvalue weighted by Crippen LogP contribution is -2.46. The van der Waals surface area contributed by atoms with Gasteiger partial charge in [0.25, 0.3) is 0 Å². The number of carbonyl (C=O) groups excluding carboxylic acids is 1. The van der Waals surface area contributed by atoms with Crippen molar-refractivity contribution in [3.05, 3.63) is 24.3 Å². The van der Waals surface area contributed by atoms with Gasteiger partial charge >= 0.3 is 7.82 Å². The minimum Gasteiger partial charge on any atom is -0.391 e. The number of phosphoric acid groups is 1. The predicted molar refractivity (Wildman–Crippen MR) is 221 cm³/mol. The van der Waals surface area contributed by atoms with Crippen molar-refractivity contribution in [2.24, 2.45) is 5.73 Å². The third kappa shape index (κ3) is 37.3. The number of aliphatic hydroxyl groups is 1. The second kappa shape index (κ2) is 39.7. The number of nitrogens with two attached hydrogens (primary N) is 1. The van der Waals surface area contributed by atoms with Crippen LogP contribution in [0, 0.1) is 0 Å². The second-order valence-electron chi connectivity index (χ2n) is 14.9. The number of hydrogen-bond acceptors (Lipinski definition) is 6. The van der Waals surface area contributed by atoms with Crippen molar-refractivity contribution >= 4 is 13.7 Å². The molecule has 308 valence electrons. The van der Waals surface area contributed by atoms with E-state index in [2.05, 4.69) is 43.5 Å². The monoisotopic (exact) mass is 757 g/mol. The van der Waals surface area contributed by atoms with Crippen molar-refractivity contribution < 1.29 is 28.4 Å². The number of rotatable bonds is 41. The maximum Gasteiger partial charge on any atom is 0.472 e. The summed E-state index contributed by atoms with van der Waals surface area (Å²) in [5.74, 6) is -0.174. The highest BCUT2D eigenvalue weighted by Gasteiger charge is 2.27. The summed E-state index contributed by atoms with van der Waals surface area (Å²) in [6, 6.07) is -0.779. The number of aliphatic hydroxyl groups excluding tert-OH is 1. The minimum atomic E-state index is -4.32. The Labute approximate surface area is 321 Å². The van der Waals surface area contributed by atoms with Gasteiger partial charge in [0.05, 0.1) is 25.4 Å². The molecule has 0 aliphatic carbocycles. The van der Waals surface area contributed by atoms with Crippen LogP contribution in [-0.4, -0.2) is 47.8 Å². The van der Waals surface area contributed by atoms with Gasteiger partial charge < -0.3 is 21.1 Å². The van der Waals surface area contributed by atoms with Crippen LogP contribution in [0.25, 0.3) is 0 Å². The molecule has 1 amide bonds. The highest BCUT2D eigenvalue weighted by molar-refractivity contribution is 7.47. The first-order valence-corrected chi connectivity index (χ1v) is 23.4. The smallest absolute Gasteiger partial charge is 0.391 e. The lowest BCUT2D eigenvalue weighted by atomic mass is 10.0. The topological polar surface area (TPSA) is 131 Å². The summed E-state index contributed by atoms with van der Waals surface area (Å²) in [7, 11) is -4.32. The van der Waals surface area contributed by atoms with Crippen LogP contribution in [0.5, 0.6) is 0 Å². The number of hydrogen-bond donors (Lipinski definition) is 4. The third-order valence-electron chi connectivity index (χ3n) is 9.81. The molecule has 0 aromatic carbocycles. The van der Waals surface area contributed by atoms with E-state index in [0.717, 1.165) is 64.2 Å². The van der Waals surface area contributed by atoms with Crippen molar-refractivity contribution in [1.29, 1.82) is 0 Å². The van der Waals surface area contributed by atoms with Gasteiger partial charge in [-0.15, -0.1) is 0 Å². The van der Waals surface area contributed by atoms with Crippen LogP contribution in [0.1, 0.15) is 213 Å². The van der Waals surface area contributed by atoms with Crippen LogP contribution in [0.15, 0.2) is 24.3 Å². The number of nitrogens with one attached hydrogen (secondary N) is 1. The van der Waals surface area contributed by atoms with E-state index in [0.29, 0.717) is 12.8 Å². The zero-order valence-corrected chi connectivity index (χ0v) is 35.0. The van der Waals surface area contributed by atoms with E-state index in [4.69, 9.17) is 14.8 Å². The molecule has 3 unspecified atom stereocenters. The first kappa shape index (κ1) is 51.0. The highest BCUT2D eigenvalue weighted by atomic mass is 31.2. The summed E-state index contributed by atoms with van der Waals surface area (Å²) in [5, 5.41) is 13.8. The van der Waals surface area contributed by atoms with E-state index in [1.807, 2.05) is 0 Å². The standard InChI is InChI=1S/C43H85N2O6P/c1-3-5-7-9-11-13-15-17-19-20-21-23-24-26-28-30-32-34-36-42(46)41(40-51-52(48,49)50-39-38-44)45-43(47)37-35-33-31-29-27-25-22-18-16-14-12-10-8-6-4-2/h12,14,18,22,41-42,46H,3-11,13,15-17,19-21,23-40,44H2,1-2H3,(H,45,47)(H,48,49)/b14-12-,22-18-. The van der Waals surface area contributed by atoms with Gasteiger partial charge in [-0.25, -0.2) is 4.57 Å². The van der Waals surface area contributed by atoms with Crippen LogP contribution in [0.3, 0.4) is 0 Å². The molecule has 3 atom stereocenters. The highest BCUT2D eigenvalue weighted by Crippen LogP contribution is 2.43. The lowest BCUT2D eigenvalue weighted by molar-refractivity contribution is -0.123. The molecule has 9 heteroatoms. The number of unbranched alkanes of at least 4 members (excludes halogenated alkanes) is 25. The summed E-state index contributed by atoms with van der Waals surface area (Å²) < 4.78 is 22.2. The first-order valence-electron chi connectivity index (χ1n) is 22.0. The van der Waals surface area contributed by atoms with Crippen molar-refractivity contribution in [1.82, 2.24) is 5.32 Å². The molecule has 0 spiro atoms. The minimum absolute atomic E-state index is 0.0869. The van der Waals surface area contributed by atoms with Crippen LogP contribution in [-0.2, 0) is 18.4 Å². The summed E-state index contributed by atoms with van der Waals surface area (Å²) in [4.78, 5) is 22.7. The average Bonchev–Trinajstić information content (AvgIpc) is 3.13. The third-order valence-corrected chi connectivity index (χ3v) is 10.8. The van der Waals surface area contributed by atoms with Gasteiger partial charge in [0.1, 0.15) is 0 Å². The van der Waals surface area contributed by atoms with Gasteiger partial charge in [-0.3, -0.25) is 13.8 Å². The maximum absolute atomic E-state index is 12.8. The Morgan fingerprint density at radius 3 is 1.56 bits per heavy atom. The van der Waals surface area contributed by atoms with Crippen LogP contribution in [0.4, 0.5) is 0 Å². The van der Waals surface area contributed by atoms with E-state index in [-0.39, 0.29) is 25.7 Å². The zero-order chi connectivity index (χ0) is 38.2. The molecule has 0 aromatic heterocycles. The summed E-state index contributed by atoms with van der Waals surface area (Å²) >= 11 is 0. The molecule has 5 N–H and O–H groups in total. The SMILES string of the molecule is CCCCC/C=C\C/C=C\CCCCCCCC(=O)NC(COP(=O)(O)OCCN)C(O)CCCCCCCCCCCCCCCCCCCC. The predicted octanol–water partition coefficient (Wildman–Crippen LogP) is 12.2. The fraction of sp³-hybridized carbons (Fsp3) is 0.884. The van der Waals surface area contributed by atoms with E-state index in [9.17, 15) is 19.4 Å². The summed E-state index contributed by atoms with van der Waals surface area (Å²) in [5.41, 5.74) is 5.38. The van der Waals surface area contributed by atoms with Crippen molar-refractivity contribution in [3.8, 4) is 0 Å². The van der Waals surface area contributed by atoms with Crippen LogP contribution >= 0.6 is 7.82 Å². The van der Waals surface area contributed by atoms with Gasteiger partial charge in [0.2, 0.25) is 5.91 Å². The van der Waals surface area contributed by atoms with Gasteiger partial charge in [-0.05, 0) is 44.9 Å². The fourth-order valence-corrected chi connectivity index (χ4v) is 7.22. The molecule has 0 heterocycles. The second-order valence-corrected chi connectivity index (χ2v) is 16.4. The van der Waals surface area contributed by atoms with Crippen molar-refractivity contribution in [2.45, 2.75) is 225 Å². The molecule has 0 radical (unpaired) electrons. The maximum atomic E-state index is 12.8. The Morgan fingerprint density at radius 1 is 0.635 bits per heavy atom. The molecule has 8 nitrogen and oxygen atoms in total. The Balaban J connectivity index is 4.16.